The first-order valence-corrected chi connectivity index (χ1v) is 14.5. The second-order valence-corrected chi connectivity index (χ2v) is 10.7. The number of anilines is 1. The lowest BCUT2D eigenvalue weighted by molar-refractivity contribution is 0.289. The first-order chi connectivity index (χ1) is 21.9. The van der Waals surface area contributed by atoms with Crippen LogP contribution in [0.2, 0.25) is 0 Å². The SMILES string of the molecule is CN1CCN=C1c1cccc(Oc2nc(Oc3cc(C#N)ccc3OCc3ccccc3)cc(-c3ccc(N(C)C)cc3)n2)c1. The van der Waals surface area contributed by atoms with Crippen molar-refractivity contribution in [2.24, 2.45) is 4.99 Å². The predicted molar refractivity (Wildman–Crippen MR) is 174 cm³/mol. The lowest BCUT2D eigenvalue weighted by Gasteiger charge is -2.16. The molecule has 0 bridgehead atoms. The fourth-order valence-electron chi connectivity index (χ4n) is 4.85. The summed E-state index contributed by atoms with van der Waals surface area (Å²) in [6.07, 6.45) is 0. The van der Waals surface area contributed by atoms with Gasteiger partial charge in [-0.3, -0.25) is 4.99 Å². The van der Waals surface area contributed by atoms with Gasteiger partial charge in [-0.25, -0.2) is 0 Å². The quantitative estimate of drug-likeness (QED) is 0.171. The van der Waals surface area contributed by atoms with Gasteiger partial charge in [0.1, 0.15) is 18.2 Å². The summed E-state index contributed by atoms with van der Waals surface area (Å²) in [5, 5.41) is 9.60. The maximum Gasteiger partial charge on any atom is 0.325 e. The molecule has 0 saturated carbocycles. The van der Waals surface area contributed by atoms with Crippen LogP contribution >= 0.6 is 0 Å². The number of hydrogen-bond acceptors (Lipinski definition) is 9. The molecule has 5 aromatic rings. The smallest absolute Gasteiger partial charge is 0.325 e. The normalized spacial score (nSPS) is 12.3. The minimum Gasteiger partial charge on any atom is -0.485 e. The van der Waals surface area contributed by atoms with Crippen LogP contribution in [-0.4, -0.2) is 54.9 Å². The number of ether oxygens (including phenoxy) is 3. The third-order valence-corrected chi connectivity index (χ3v) is 7.25. The van der Waals surface area contributed by atoms with Gasteiger partial charge in [0.05, 0.1) is 23.9 Å². The molecule has 0 atom stereocenters. The molecule has 45 heavy (non-hydrogen) atoms. The molecule has 2 heterocycles. The van der Waals surface area contributed by atoms with Crippen molar-refractivity contribution in [1.29, 1.82) is 5.26 Å². The van der Waals surface area contributed by atoms with E-state index < -0.39 is 0 Å². The molecule has 4 aromatic carbocycles. The molecule has 0 N–H and O–H groups in total. The monoisotopic (exact) mass is 596 g/mol. The molecule has 0 fully saturated rings. The lowest BCUT2D eigenvalue weighted by atomic mass is 10.1. The number of hydrogen-bond donors (Lipinski definition) is 0. The van der Waals surface area contributed by atoms with Crippen LogP contribution in [0.1, 0.15) is 16.7 Å². The number of aliphatic imine (C=N–C) groups is 1. The summed E-state index contributed by atoms with van der Waals surface area (Å²) >= 11 is 0. The number of likely N-dealkylation sites (N-methyl/N-ethyl adjacent to an activating group) is 1. The van der Waals surface area contributed by atoms with E-state index in [1.807, 2.05) is 105 Å². The van der Waals surface area contributed by atoms with Crippen LogP contribution in [-0.2, 0) is 6.61 Å². The van der Waals surface area contributed by atoms with E-state index in [4.69, 9.17) is 19.2 Å². The fraction of sp³-hybridized carbons (Fsp3) is 0.167. The van der Waals surface area contributed by atoms with Crippen LogP contribution in [0.4, 0.5) is 5.69 Å². The van der Waals surface area contributed by atoms with E-state index in [0.29, 0.717) is 35.1 Å². The zero-order chi connectivity index (χ0) is 31.2. The third-order valence-electron chi connectivity index (χ3n) is 7.25. The van der Waals surface area contributed by atoms with Crippen LogP contribution in [0, 0.1) is 11.3 Å². The lowest BCUT2D eigenvalue weighted by Crippen LogP contribution is -2.23. The number of benzene rings is 4. The third kappa shape index (κ3) is 7.03. The van der Waals surface area contributed by atoms with Gasteiger partial charge in [-0.05, 0) is 42.0 Å². The Balaban J connectivity index is 1.35. The van der Waals surface area contributed by atoms with E-state index in [-0.39, 0.29) is 11.9 Å². The van der Waals surface area contributed by atoms with E-state index in [9.17, 15) is 5.26 Å². The van der Waals surface area contributed by atoms with Crippen LogP contribution in [0.3, 0.4) is 0 Å². The average molecular weight is 597 g/mol. The van der Waals surface area contributed by atoms with Gasteiger partial charge in [-0.1, -0.05) is 54.6 Å². The number of amidine groups is 1. The highest BCUT2D eigenvalue weighted by atomic mass is 16.5. The van der Waals surface area contributed by atoms with Crippen LogP contribution in [0.25, 0.3) is 11.3 Å². The zero-order valence-electron chi connectivity index (χ0n) is 25.3. The highest BCUT2D eigenvalue weighted by Crippen LogP contribution is 2.35. The molecule has 224 valence electrons. The van der Waals surface area contributed by atoms with Gasteiger partial charge in [-0.2, -0.15) is 15.2 Å². The Morgan fingerprint density at radius 1 is 0.822 bits per heavy atom. The Labute approximate surface area is 262 Å². The average Bonchev–Trinajstić information content (AvgIpc) is 3.50. The number of aromatic nitrogens is 2. The minimum absolute atomic E-state index is 0.112. The van der Waals surface area contributed by atoms with E-state index in [0.717, 1.165) is 41.3 Å². The molecular weight excluding hydrogens is 564 g/mol. The Bertz CT molecular complexity index is 1870. The standard InChI is InChI=1S/C36H32N6O3/c1-41(2)29-15-13-27(14-16-29)31-22-34(40-36(39-31)44-30-11-7-10-28(21-30)35-38-18-19-42(35)3)45-33-20-26(23-37)12-17-32(33)43-24-25-8-5-4-6-9-25/h4-17,20-22H,18-19,24H2,1-3H3. The molecular formula is C36H32N6O3. The molecule has 1 aliphatic rings. The number of nitrogens with zero attached hydrogens (tertiary/aromatic N) is 6. The highest BCUT2D eigenvalue weighted by Gasteiger charge is 2.17. The maximum atomic E-state index is 9.60. The van der Waals surface area contributed by atoms with Crippen molar-refractivity contribution in [3.05, 3.63) is 120 Å². The number of rotatable bonds is 10. The van der Waals surface area contributed by atoms with E-state index in [1.54, 1.807) is 24.3 Å². The van der Waals surface area contributed by atoms with Crippen molar-refractivity contribution in [3.63, 3.8) is 0 Å². The van der Waals surface area contributed by atoms with Gasteiger partial charge in [0.2, 0.25) is 5.88 Å². The Morgan fingerprint density at radius 3 is 2.38 bits per heavy atom. The Hall–Kier alpha value is -5.88. The molecule has 1 aromatic heterocycles. The van der Waals surface area contributed by atoms with Crippen molar-refractivity contribution in [2.75, 3.05) is 39.1 Å². The van der Waals surface area contributed by atoms with Gasteiger partial charge in [0.15, 0.2) is 11.5 Å². The Morgan fingerprint density at radius 2 is 1.64 bits per heavy atom. The molecule has 9 nitrogen and oxygen atoms in total. The summed E-state index contributed by atoms with van der Waals surface area (Å²) in [7, 11) is 6.01. The van der Waals surface area contributed by atoms with Crippen molar-refractivity contribution in [2.45, 2.75) is 6.61 Å². The fourth-order valence-corrected chi connectivity index (χ4v) is 4.85. The molecule has 9 heteroatoms. The van der Waals surface area contributed by atoms with Crippen molar-refractivity contribution < 1.29 is 14.2 Å². The minimum atomic E-state index is 0.112. The van der Waals surface area contributed by atoms with Gasteiger partial charge in [0.25, 0.3) is 0 Å². The first kappa shape index (κ1) is 29.2. The van der Waals surface area contributed by atoms with Gasteiger partial charge in [0, 0.05) is 56.6 Å². The molecule has 6 rings (SSSR count). The van der Waals surface area contributed by atoms with Crippen LogP contribution < -0.4 is 19.1 Å². The summed E-state index contributed by atoms with van der Waals surface area (Å²) < 4.78 is 18.7. The molecule has 0 amide bonds. The summed E-state index contributed by atoms with van der Waals surface area (Å²) in [6.45, 7) is 1.98. The van der Waals surface area contributed by atoms with Crippen molar-refractivity contribution in [1.82, 2.24) is 14.9 Å². The molecule has 0 saturated heterocycles. The second kappa shape index (κ2) is 13.2. The van der Waals surface area contributed by atoms with Gasteiger partial charge < -0.3 is 24.0 Å². The first-order valence-electron chi connectivity index (χ1n) is 14.5. The topological polar surface area (TPSA) is 96.1 Å². The summed E-state index contributed by atoms with van der Waals surface area (Å²) in [5.41, 5.74) is 4.92. The summed E-state index contributed by atoms with van der Waals surface area (Å²) in [5.74, 6) is 2.56. The maximum absolute atomic E-state index is 9.60. The summed E-state index contributed by atoms with van der Waals surface area (Å²) in [6, 6.07) is 34.7. The molecule has 0 aliphatic carbocycles. The second-order valence-electron chi connectivity index (χ2n) is 10.7. The summed E-state index contributed by atoms with van der Waals surface area (Å²) in [4.78, 5) is 18.1. The van der Waals surface area contributed by atoms with E-state index in [1.165, 1.54) is 0 Å². The van der Waals surface area contributed by atoms with E-state index in [2.05, 4.69) is 20.9 Å². The molecule has 0 radical (unpaired) electrons. The van der Waals surface area contributed by atoms with Crippen molar-refractivity contribution in [3.8, 4) is 46.5 Å². The molecule has 0 unspecified atom stereocenters. The van der Waals surface area contributed by atoms with Gasteiger partial charge in [-0.15, -0.1) is 0 Å². The highest BCUT2D eigenvalue weighted by molar-refractivity contribution is 5.99. The number of nitriles is 1. The largest absolute Gasteiger partial charge is 0.485 e. The zero-order valence-corrected chi connectivity index (χ0v) is 25.3. The molecule has 0 spiro atoms. The van der Waals surface area contributed by atoms with Crippen LogP contribution in [0.15, 0.2) is 108 Å². The van der Waals surface area contributed by atoms with Crippen molar-refractivity contribution >= 4 is 11.5 Å². The van der Waals surface area contributed by atoms with Crippen LogP contribution in [0.5, 0.6) is 29.1 Å². The predicted octanol–water partition coefficient (Wildman–Crippen LogP) is 6.94. The molecule has 1 aliphatic heterocycles. The van der Waals surface area contributed by atoms with Gasteiger partial charge >= 0.3 is 6.01 Å². The Kier molecular flexibility index (Phi) is 8.56. The van der Waals surface area contributed by atoms with E-state index >= 15 is 0 Å².